The van der Waals surface area contributed by atoms with Crippen LogP contribution in [0.3, 0.4) is 0 Å². The number of thiophene rings is 1. The third-order valence-corrected chi connectivity index (χ3v) is 5.78. The standard InChI is InChI=1S/C22H22FN3OS/c23-17-3-7-19(8-4-17)25-11-13-26(14-12-25)20-9-5-18(6-10-20)24-22(27)16-21-2-1-15-28-21/h1-10,15H,11-14,16H2,(H,24,27). The number of benzene rings is 2. The normalized spacial score (nSPS) is 14.2. The fourth-order valence-corrected chi connectivity index (χ4v) is 4.11. The molecular weight excluding hydrogens is 373 g/mol. The van der Waals surface area contributed by atoms with Crippen molar-refractivity contribution in [3.05, 3.63) is 76.7 Å². The molecule has 28 heavy (non-hydrogen) atoms. The number of nitrogens with zero attached hydrogens (tertiary/aromatic N) is 2. The Morgan fingerprint density at radius 3 is 2.00 bits per heavy atom. The second-order valence-corrected chi connectivity index (χ2v) is 7.83. The van der Waals surface area contributed by atoms with E-state index in [0.29, 0.717) is 6.42 Å². The molecule has 0 saturated carbocycles. The lowest BCUT2D eigenvalue weighted by Gasteiger charge is -2.37. The van der Waals surface area contributed by atoms with Gasteiger partial charge in [0.1, 0.15) is 5.82 Å². The topological polar surface area (TPSA) is 35.6 Å². The first-order valence-corrected chi connectivity index (χ1v) is 10.2. The summed E-state index contributed by atoms with van der Waals surface area (Å²) in [6.45, 7) is 3.60. The van der Waals surface area contributed by atoms with E-state index in [4.69, 9.17) is 0 Å². The summed E-state index contributed by atoms with van der Waals surface area (Å²) in [6.07, 6.45) is 0.408. The molecule has 6 heteroatoms. The third-order valence-electron chi connectivity index (χ3n) is 4.90. The minimum Gasteiger partial charge on any atom is -0.368 e. The van der Waals surface area contributed by atoms with Crippen LogP contribution in [-0.2, 0) is 11.2 Å². The molecule has 1 aromatic heterocycles. The first-order valence-electron chi connectivity index (χ1n) is 9.35. The van der Waals surface area contributed by atoms with Gasteiger partial charge in [0.05, 0.1) is 6.42 Å². The SMILES string of the molecule is O=C(Cc1cccs1)Nc1ccc(N2CCN(c3ccc(F)cc3)CC2)cc1. The zero-order valence-corrected chi connectivity index (χ0v) is 16.3. The van der Waals surface area contributed by atoms with Crippen molar-refractivity contribution in [2.45, 2.75) is 6.42 Å². The Kier molecular flexibility index (Phi) is 5.58. The van der Waals surface area contributed by atoms with Crippen LogP contribution < -0.4 is 15.1 Å². The molecule has 1 amide bonds. The zero-order chi connectivity index (χ0) is 19.3. The fraction of sp³-hybridized carbons (Fsp3) is 0.227. The van der Waals surface area contributed by atoms with Gasteiger partial charge in [-0.25, -0.2) is 4.39 Å². The lowest BCUT2D eigenvalue weighted by Crippen LogP contribution is -2.46. The molecular formula is C22H22FN3OS. The van der Waals surface area contributed by atoms with Crippen LogP contribution in [0.4, 0.5) is 21.5 Å². The van der Waals surface area contributed by atoms with Gasteiger partial charge in [0.2, 0.25) is 5.91 Å². The van der Waals surface area contributed by atoms with Crippen LogP contribution in [0.1, 0.15) is 4.88 Å². The van der Waals surface area contributed by atoms with Crippen LogP contribution in [0.15, 0.2) is 66.0 Å². The van der Waals surface area contributed by atoms with Gasteiger partial charge >= 0.3 is 0 Å². The third kappa shape index (κ3) is 4.51. The zero-order valence-electron chi connectivity index (χ0n) is 15.5. The fourth-order valence-electron chi connectivity index (χ4n) is 3.41. The van der Waals surface area contributed by atoms with Gasteiger partial charge in [-0.1, -0.05) is 6.07 Å². The van der Waals surface area contributed by atoms with Crippen LogP contribution in [0.2, 0.25) is 0 Å². The Bertz CT molecular complexity index is 902. The predicted molar refractivity (Wildman–Crippen MR) is 114 cm³/mol. The van der Waals surface area contributed by atoms with Crippen molar-refractivity contribution in [1.82, 2.24) is 0 Å². The van der Waals surface area contributed by atoms with E-state index in [0.717, 1.165) is 48.1 Å². The van der Waals surface area contributed by atoms with E-state index >= 15 is 0 Å². The summed E-state index contributed by atoms with van der Waals surface area (Å²) < 4.78 is 13.1. The van der Waals surface area contributed by atoms with E-state index in [1.165, 1.54) is 12.1 Å². The van der Waals surface area contributed by atoms with E-state index in [1.807, 2.05) is 53.9 Å². The van der Waals surface area contributed by atoms with Gasteiger partial charge in [-0.05, 0) is 60.0 Å². The van der Waals surface area contributed by atoms with Gasteiger partial charge in [-0.15, -0.1) is 11.3 Å². The van der Waals surface area contributed by atoms with E-state index in [-0.39, 0.29) is 11.7 Å². The minimum absolute atomic E-state index is 0.00288. The lowest BCUT2D eigenvalue weighted by molar-refractivity contribution is -0.115. The lowest BCUT2D eigenvalue weighted by atomic mass is 10.2. The van der Waals surface area contributed by atoms with Gasteiger partial charge in [0, 0.05) is 48.1 Å². The van der Waals surface area contributed by atoms with Crippen molar-refractivity contribution in [1.29, 1.82) is 0 Å². The molecule has 1 fully saturated rings. The Morgan fingerprint density at radius 1 is 0.893 bits per heavy atom. The van der Waals surface area contributed by atoms with Crippen molar-refractivity contribution in [3.8, 4) is 0 Å². The van der Waals surface area contributed by atoms with Crippen molar-refractivity contribution in [3.63, 3.8) is 0 Å². The summed E-state index contributed by atoms with van der Waals surface area (Å²) in [7, 11) is 0. The van der Waals surface area contributed by atoms with Crippen LogP contribution >= 0.6 is 11.3 Å². The van der Waals surface area contributed by atoms with Gasteiger partial charge in [0.25, 0.3) is 0 Å². The molecule has 0 aliphatic carbocycles. The average molecular weight is 396 g/mol. The maximum absolute atomic E-state index is 13.1. The Hall–Kier alpha value is -2.86. The summed E-state index contributed by atoms with van der Waals surface area (Å²) in [5.74, 6) is -0.201. The van der Waals surface area contributed by atoms with E-state index in [9.17, 15) is 9.18 Å². The molecule has 4 rings (SSSR count). The molecule has 144 valence electrons. The van der Waals surface area contributed by atoms with E-state index < -0.39 is 0 Å². The van der Waals surface area contributed by atoms with E-state index in [1.54, 1.807) is 11.3 Å². The summed E-state index contributed by atoms with van der Waals surface area (Å²) >= 11 is 1.59. The van der Waals surface area contributed by atoms with Gasteiger partial charge < -0.3 is 15.1 Å². The number of carbonyl (C=O) groups is 1. The maximum atomic E-state index is 13.1. The molecule has 0 radical (unpaired) electrons. The number of rotatable bonds is 5. The quantitative estimate of drug-likeness (QED) is 0.696. The van der Waals surface area contributed by atoms with Crippen LogP contribution in [0.5, 0.6) is 0 Å². The molecule has 2 aromatic carbocycles. The minimum atomic E-state index is -0.204. The first-order chi connectivity index (χ1) is 13.7. The summed E-state index contributed by atoms with van der Waals surface area (Å²) in [5.41, 5.74) is 3.02. The predicted octanol–water partition coefficient (Wildman–Crippen LogP) is 4.40. The van der Waals surface area contributed by atoms with Crippen LogP contribution in [-0.4, -0.2) is 32.1 Å². The molecule has 1 aliphatic heterocycles. The van der Waals surface area contributed by atoms with Crippen molar-refractivity contribution < 1.29 is 9.18 Å². The second-order valence-electron chi connectivity index (χ2n) is 6.80. The molecule has 1 N–H and O–H groups in total. The van der Waals surface area contributed by atoms with Crippen molar-refractivity contribution in [2.75, 3.05) is 41.3 Å². The number of halogens is 1. The van der Waals surface area contributed by atoms with E-state index in [2.05, 4.69) is 15.1 Å². The largest absolute Gasteiger partial charge is 0.368 e. The number of piperazine rings is 1. The Labute approximate surface area is 168 Å². The molecule has 1 aliphatic rings. The summed E-state index contributed by atoms with van der Waals surface area (Å²) in [4.78, 5) is 17.8. The second kappa shape index (κ2) is 8.44. The highest BCUT2D eigenvalue weighted by atomic mass is 32.1. The van der Waals surface area contributed by atoms with Crippen molar-refractivity contribution >= 4 is 34.3 Å². The highest BCUT2D eigenvalue weighted by molar-refractivity contribution is 7.10. The Balaban J connectivity index is 1.30. The summed E-state index contributed by atoms with van der Waals surface area (Å²) in [6, 6.07) is 18.6. The number of carbonyl (C=O) groups excluding carboxylic acids is 1. The molecule has 0 spiro atoms. The molecule has 1 saturated heterocycles. The molecule has 0 unspecified atom stereocenters. The average Bonchev–Trinajstić information content (AvgIpc) is 3.22. The smallest absolute Gasteiger partial charge is 0.229 e. The molecule has 2 heterocycles. The van der Waals surface area contributed by atoms with Gasteiger partial charge in [-0.3, -0.25) is 4.79 Å². The molecule has 0 atom stereocenters. The highest BCUT2D eigenvalue weighted by Crippen LogP contribution is 2.22. The number of hydrogen-bond donors (Lipinski definition) is 1. The Morgan fingerprint density at radius 2 is 1.46 bits per heavy atom. The number of nitrogens with one attached hydrogen (secondary N) is 1. The van der Waals surface area contributed by atoms with Gasteiger partial charge in [-0.2, -0.15) is 0 Å². The summed E-state index contributed by atoms with van der Waals surface area (Å²) in [5, 5.41) is 4.93. The number of anilines is 3. The highest BCUT2D eigenvalue weighted by Gasteiger charge is 2.17. The number of amides is 1. The first kappa shape index (κ1) is 18.5. The van der Waals surface area contributed by atoms with Gasteiger partial charge in [0.15, 0.2) is 0 Å². The van der Waals surface area contributed by atoms with Crippen molar-refractivity contribution in [2.24, 2.45) is 0 Å². The molecule has 3 aromatic rings. The van der Waals surface area contributed by atoms with Crippen LogP contribution in [0, 0.1) is 5.82 Å². The number of hydrogen-bond acceptors (Lipinski definition) is 4. The molecule has 4 nitrogen and oxygen atoms in total. The maximum Gasteiger partial charge on any atom is 0.229 e. The van der Waals surface area contributed by atoms with Crippen LogP contribution in [0.25, 0.3) is 0 Å². The monoisotopic (exact) mass is 395 g/mol. The molecule has 0 bridgehead atoms.